The van der Waals surface area contributed by atoms with Gasteiger partial charge in [0.25, 0.3) is 0 Å². The van der Waals surface area contributed by atoms with Gasteiger partial charge in [-0.05, 0) is 38.6 Å². The van der Waals surface area contributed by atoms with Crippen molar-refractivity contribution in [1.29, 1.82) is 0 Å². The van der Waals surface area contributed by atoms with Crippen LogP contribution in [0.25, 0.3) is 10.6 Å². The lowest BCUT2D eigenvalue weighted by Crippen LogP contribution is -2.01. The van der Waals surface area contributed by atoms with Crippen LogP contribution in [-0.2, 0) is 6.42 Å². The van der Waals surface area contributed by atoms with E-state index in [2.05, 4.69) is 10.2 Å². The summed E-state index contributed by atoms with van der Waals surface area (Å²) in [6, 6.07) is 5.83. The minimum atomic E-state index is 0.585. The molecule has 0 amide bonds. The molecular weight excluding hydrogens is 274 g/mol. The monoisotopic (exact) mass is 293 g/mol. The van der Waals surface area contributed by atoms with Crippen molar-refractivity contribution in [3.63, 3.8) is 0 Å². The number of rotatable bonds is 7. The van der Waals surface area contributed by atoms with Crippen LogP contribution in [0, 0.1) is 0 Å². The molecule has 0 saturated heterocycles. The van der Waals surface area contributed by atoms with E-state index in [0.717, 1.165) is 33.5 Å². The second-order valence-corrected chi connectivity index (χ2v) is 5.13. The van der Waals surface area contributed by atoms with Crippen molar-refractivity contribution in [3.05, 3.63) is 23.2 Å². The summed E-state index contributed by atoms with van der Waals surface area (Å²) >= 11 is 1.56. The second kappa shape index (κ2) is 7.21. The number of hydrogen-bond acceptors (Lipinski definition) is 6. The van der Waals surface area contributed by atoms with Crippen LogP contribution in [0.2, 0.25) is 0 Å². The highest BCUT2D eigenvalue weighted by Crippen LogP contribution is 2.34. The van der Waals surface area contributed by atoms with E-state index < -0.39 is 0 Å². The Morgan fingerprint density at radius 1 is 1.10 bits per heavy atom. The van der Waals surface area contributed by atoms with Gasteiger partial charge < -0.3 is 15.2 Å². The maximum Gasteiger partial charge on any atom is 0.161 e. The van der Waals surface area contributed by atoms with Crippen LogP contribution in [0.3, 0.4) is 0 Å². The molecule has 5 nitrogen and oxygen atoms in total. The van der Waals surface area contributed by atoms with Crippen molar-refractivity contribution in [2.24, 2.45) is 5.73 Å². The van der Waals surface area contributed by atoms with E-state index >= 15 is 0 Å². The standard InChI is InChI=1S/C14H19N3O2S/c1-3-18-11-6-5-10(9-12(11)19-4-2)14-17-16-13(20-14)7-8-15/h5-6,9H,3-4,7-8,15H2,1-2H3. The van der Waals surface area contributed by atoms with E-state index in [1.807, 2.05) is 32.0 Å². The molecule has 1 aromatic carbocycles. The first-order valence-electron chi connectivity index (χ1n) is 6.71. The third-order valence-electron chi connectivity index (χ3n) is 2.62. The summed E-state index contributed by atoms with van der Waals surface area (Å²) in [5.41, 5.74) is 6.51. The van der Waals surface area contributed by atoms with Gasteiger partial charge in [-0.2, -0.15) is 0 Å². The number of benzene rings is 1. The maximum absolute atomic E-state index is 5.62. The average Bonchev–Trinajstić information content (AvgIpc) is 2.90. The molecular formula is C14H19N3O2S. The largest absolute Gasteiger partial charge is 0.490 e. The first-order chi connectivity index (χ1) is 9.78. The maximum atomic E-state index is 5.62. The van der Waals surface area contributed by atoms with Gasteiger partial charge in [0.05, 0.1) is 13.2 Å². The van der Waals surface area contributed by atoms with Gasteiger partial charge in [-0.15, -0.1) is 10.2 Å². The first-order valence-corrected chi connectivity index (χ1v) is 7.52. The number of hydrogen-bond donors (Lipinski definition) is 1. The van der Waals surface area contributed by atoms with Crippen molar-refractivity contribution in [1.82, 2.24) is 10.2 Å². The SMILES string of the molecule is CCOc1ccc(-c2nnc(CCN)s2)cc1OCC. The van der Waals surface area contributed by atoms with E-state index in [0.29, 0.717) is 19.8 Å². The fourth-order valence-corrected chi connectivity index (χ4v) is 2.63. The number of nitrogens with zero attached hydrogens (tertiary/aromatic N) is 2. The lowest BCUT2D eigenvalue weighted by Gasteiger charge is -2.11. The van der Waals surface area contributed by atoms with E-state index in [9.17, 15) is 0 Å². The van der Waals surface area contributed by atoms with Gasteiger partial charge in [-0.1, -0.05) is 11.3 Å². The highest BCUT2D eigenvalue weighted by Gasteiger charge is 2.11. The molecule has 2 aromatic rings. The van der Waals surface area contributed by atoms with Gasteiger partial charge in [-0.25, -0.2) is 0 Å². The van der Waals surface area contributed by atoms with Gasteiger partial charge >= 0.3 is 0 Å². The van der Waals surface area contributed by atoms with Crippen molar-refractivity contribution < 1.29 is 9.47 Å². The van der Waals surface area contributed by atoms with Gasteiger partial charge in [0.2, 0.25) is 0 Å². The molecule has 2 rings (SSSR count). The zero-order valence-electron chi connectivity index (χ0n) is 11.8. The Bertz CT molecular complexity index is 557. The van der Waals surface area contributed by atoms with E-state index in [-0.39, 0.29) is 0 Å². The smallest absolute Gasteiger partial charge is 0.161 e. The van der Waals surface area contributed by atoms with E-state index in [1.165, 1.54) is 0 Å². The third kappa shape index (κ3) is 3.46. The van der Waals surface area contributed by atoms with E-state index in [1.54, 1.807) is 11.3 Å². The molecule has 0 aliphatic rings. The van der Waals surface area contributed by atoms with Crippen molar-refractivity contribution in [3.8, 4) is 22.1 Å². The van der Waals surface area contributed by atoms with Crippen LogP contribution in [-0.4, -0.2) is 30.0 Å². The molecule has 0 aliphatic heterocycles. The van der Waals surface area contributed by atoms with Crippen molar-refractivity contribution in [2.45, 2.75) is 20.3 Å². The molecule has 0 unspecified atom stereocenters. The molecule has 0 saturated carbocycles. The van der Waals surface area contributed by atoms with Gasteiger partial charge in [0.1, 0.15) is 10.0 Å². The van der Waals surface area contributed by atoms with Gasteiger partial charge in [-0.3, -0.25) is 0 Å². The Morgan fingerprint density at radius 2 is 1.85 bits per heavy atom. The van der Waals surface area contributed by atoms with Crippen LogP contribution in [0.4, 0.5) is 0 Å². The van der Waals surface area contributed by atoms with Crippen molar-refractivity contribution in [2.75, 3.05) is 19.8 Å². The summed E-state index contributed by atoms with van der Waals surface area (Å²) in [6.07, 6.45) is 0.757. The first kappa shape index (κ1) is 14.7. The molecule has 0 aliphatic carbocycles. The van der Waals surface area contributed by atoms with Crippen LogP contribution >= 0.6 is 11.3 Å². The van der Waals surface area contributed by atoms with Gasteiger partial charge in [0.15, 0.2) is 11.5 Å². The Labute approximate surface area is 122 Å². The Hall–Kier alpha value is -1.66. The van der Waals surface area contributed by atoms with Crippen molar-refractivity contribution >= 4 is 11.3 Å². The average molecular weight is 293 g/mol. The predicted molar refractivity (Wildman–Crippen MR) is 80.4 cm³/mol. The fourth-order valence-electron chi connectivity index (χ4n) is 1.78. The number of aromatic nitrogens is 2. The van der Waals surface area contributed by atoms with Crippen LogP contribution in [0.1, 0.15) is 18.9 Å². The minimum Gasteiger partial charge on any atom is -0.490 e. The summed E-state index contributed by atoms with van der Waals surface area (Å²) in [5, 5.41) is 10.2. The number of nitrogens with two attached hydrogens (primary N) is 1. The fraction of sp³-hybridized carbons (Fsp3) is 0.429. The normalized spacial score (nSPS) is 10.6. The molecule has 1 aromatic heterocycles. The summed E-state index contributed by atoms with van der Waals surface area (Å²) in [7, 11) is 0. The predicted octanol–water partition coefficient (Wildman–Crippen LogP) is 2.50. The Kier molecular flexibility index (Phi) is 5.31. The van der Waals surface area contributed by atoms with Gasteiger partial charge in [0, 0.05) is 12.0 Å². The molecule has 1 heterocycles. The summed E-state index contributed by atoms with van der Waals surface area (Å²) in [6.45, 7) is 5.69. The van der Waals surface area contributed by atoms with E-state index in [4.69, 9.17) is 15.2 Å². The Morgan fingerprint density at radius 3 is 2.55 bits per heavy atom. The summed E-state index contributed by atoms with van der Waals surface area (Å²) < 4.78 is 11.2. The third-order valence-corrected chi connectivity index (χ3v) is 3.65. The zero-order chi connectivity index (χ0) is 14.4. The molecule has 20 heavy (non-hydrogen) atoms. The lowest BCUT2D eigenvalue weighted by atomic mass is 10.2. The molecule has 0 atom stereocenters. The zero-order valence-corrected chi connectivity index (χ0v) is 12.6. The second-order valence-electron chi connectivity index (χ2n) is 4.07. The highest BCUT2D eigenvalue weighted by atomic mass is 32.1. The Balaban J connectivity index is 2.28. The highest BCUT2D eigenvalue weighted by molar-refractivity contribution is 7.14. The molecule has 0 spiro atoms. The molecule has 6 heteroatoms. The molecule has 2 N–H and O–H groups in total. The lowest BCUT2D eigenvalue weighted by molar-refractivity contribution is 0.288. The summed E-state index contributed by atoms with van der Waals surface area (Å²) in [4.78, 5) is 0. The molecule has 0 radical (unpaired) electrons. The molecule has 108 valence electrons. The minimum absolute atomic E-state index is 0.585. The summed E-state index contributed by atoms with van der Waals surface area (Å²) in [5.74, 6) is 1.49. The topological polar surface area (TPSA) is 70.3 Å². The molecule has 0 fully saturated rings. The van der Waals surface area contributed by atoms with Crippen LogP contribution < -0.4 is 15.2 Å². The van der Waals surface area contributed by atoms with Crippen LogP contribution in [0.5, 0.6) is 11.5 Å². The quantitative estimate of drug-likeness (QED) is 0.849. The number of ether oxygens (including phenoxy) is 2. The molecule has 0 bridgehead atoms. The van der Waals surface area contributed by atoms with Crippen LogP contribution in [0.15, 0.2) is 18.2 Å².